The van der Waals surface area contributed by atoms with Crippen LogP contribution in [0, 0.1) is 0 Å². The first kappa shape index (κ1) is 7.76. The summed E-state index contributed by atoms with van der Waals surface area (Å²) in [7, 11) is 1.80. The summed E-state index contributed by atoms with van der Waals surface area (Å²) in [5.74, 6) is 0. The Hall–Kier alpha value is -0.240. The predicted octanol–water partition coefficient (Wildman–Crippen LogP) is 1.95. The normalized spacial score (nSPS) is 13.1. The summed E-state index contributed by atoms with van der Waals surface area (Å²) < 4.78 is 0. The number of hydrogen-bond donors (Lipinski definition) is 0. The van der Waals surface area contributed by atoms with Gasteiger partial charge in [0.05, 0.1) is 5.04 Å². The van der Waals surface area contributed by atoms with Gasteiger partial charge in [-0.1, -0.05) is 6.08 Å². The Balaban J connectivity index is 3.72. The van der Waals surface area contributed by atoms with Crippen molar-refractivity contribution in [1.82, 2.24) is 0 Å². The zero-order valence-corrected chi connectivity index (χ0v) is 6.33. The second kappa shape index (κ2) is 4.91. The van der Waals surface area contributed by atoms with Gasteiger partial charge in [-0.25, -0.2) is 0 Å². The van der Waals surface area contributed by atoms with Gasteiger partial charge in [-0.3, -0.25) is 4.99 Å². The Morgan fingerprint density at radius 3 is 2.38 bits per heavy atom. The van der Waals surface area contributed by atoms with E-state index < -0.39 is 0 Å². The molecule has 0 rings (SSSR count). The zero-order chi connectivity index (χ0) is 6.41. The maximum atomic E-state index is 3.99. The fourth-order valence-electron chi connectivity index (χ4n) is 0.376. The molecule has 0 spiro atoms. The Morgan fingerprint density at radius 2 is 2.25 bits per heavy atom. The fraction of sp³-hybridized carbons (Fsp3) is 0.500. The molecule has 0 saturated carbocycles. The van der Waals surface area contributed by atoms with Crippen molar-refractivity contribution in [3.8, 4) is 0 Å². The summed E-state index contributed by atoms with van der Waals surface area (Å²) in [6.07, 6.45) is 5.99. The molecule has 0 aromatic carbocycles. The lowest BCUT2D eigenvalue weighted by atomic mass is 10.6. The van der Waals surface area contributed by atoms with E-state index in [2.05, 4.69) is 4.99 Å². The van der Waals surface area contributed by atoms with E-state index in [0.717, 1.165) is 5.04 Å². The third kappa shape index (κ3) is 2.86. The summed E-state index contributed by atoms with van der Waals surface area (Å²) in [5, 5.41) is 1.08. The van der Waals surface area contributed by atoms with Gasteiger partial charge >= 0.3 is 0 Å². The molecule has 0 amide bonds. The molecule has 2 heteroatoms. The minimum absolute atomic E-state index is 1.08. The van der Waals surface area contributed by atoms with Crippen LogP contribution in [-0.4, -0.2) is 18.3 Å². The standard InChI is InChI=1S/C6H11NS/c1-4-5-6(7-2)8-3/h4-5H,1-3H3/b5-4-,7-6+. The van der Waals surface area contributed by atoms with Crippen molar-refractivity contribution < 1.29 is 0 Å². The number of rotatable bonds is 1. The van der Waals surface area contributed by atoms with Crippen LogP contribution in [0.15, 0.2) is 17.1 Å². The molecule has 0 aromatic heterocycles. The number of allylic oxidation sites excluding steroid dienone is 1. The highest BCUT2D eigenvalue weighted by Gasteiger charge is 1.82. The maximum absolute atomic E-state index is 3.99. The van der Waals surface area contributed by atoms with E-state index >= 15 is 0 Å². The molecule has 0 unspecified atom stereocenters. The smallest absolute Gasteiger partial charge is 0.0894 e. The monoisotopic (exact) mass is 129 g/mol. The molecule has 0 N–H and O–H groups in total. The first-order valence-electron chi connectivity index (χ1n) is 2.48. The summed E-state index contributed by atoms with van der Waals surface area (Å²) in [4.78, 5) is 3.99. The van der Waals surface area contributed by atoms with Crippen LogP contribution in [0.2, 0.25) is 0 Å². The minimum Gasteiger partial charge on any atom is -0.282 e. The minimum atomic E-state index is 1.08. The molecule has 0 aliphatic heterocycles. The molecule has 8 heavy (non-hydrogen) atoms. The lowest BCUT2D eigenvalue weighted by Gasteiger charge is -1.88. The van der Waals surface area contributed by atoms with Gasteiger partial charge in [0.25, 0.3) is 0 Å². The summed E-state index contributed by atoms with van der Waals surface area (Å²) >= 11 is 1.66. The molecule has 0 aliphatic carbocycles. The second-order valence-corrected chi connectivity index (χ2v) is 2.09. The largest absolute Gasteiger partial charge is 0.282 e. The topological polar surface area (TPSA) is 12.4 Å². The lowest BCUT2D eigenvalue weighted by Crippen LogP contribution is -1.81. The SMILES string of the molecule is C/C=C\C(=N/C)SC. The summed E-state index contributed by atoms with van der Waals surface area (Å²) in [6.45, 7) is 1.99. The van der Waals surface area contributed by atoms with E-state index in [1.54, 1.807) is 18.8 Å². The molecular formula is C6H11NS. The molecule has 46 valence electrons. The highest BCUT2D eigenvalue weighted by molar-refractivity contribution is 8.13. The number of thioether (sulfide) groups is 1. The fourth-order valence-corrected chi connectivity index (χ4v) is 0.831. The van der Waals surface area contributed by atoms with E-state index in [4.69, 9.17) is 0 Å². The molecule has 0 radical (unpaired) electrons. The first-order chi connectivity index (χ1) is 3.85. The number of aliphatic imine (C=N–C) groups is 1. The van der Waals surface area contributed by atoms with Gasteiger partial charge in [0.2, 0.25) is 0 Å². The third-order valence-electron chi connectivity index (χ3n) is 0.739. The van der Waals surface area contributed by atoms with Gasteiger partial charge in [0, 0.05) is 7.05 Å². The molecule has 0 aliphatic rings. The average molecular weight is 129 g/mol. The van der Waals surface area contributed by atoms with E-state index in [0.29, 0.717) is 0 Å². The summed E-state index contributed by atoms with van der Waals surface area (Å²) in [6, 6.07) is 0. The molecular weight excluding hydrogens is 118 g/mol. The van der Waals surface area contributed by atoms with E-state index in [9.17, 15) is 0 Å². The van der Waals surface area contributed by atoms with Crippen molar-refractivity contribution >= 4 is 16.8 Å². The highest BCUT2D eigenvalue weighted by Crippen LogP contribution is 1.97. The van der Waals surface area contributed by atoms with Crippen LogP contribution in [-0.2, 0) is 0 Å². The summed E-state index contributed by atoms with van der Waals surface area (Å²) in [5.41, 5.74) is 0. The van der Waals surface area contributed by atoms with Gasteiger partial charge < -0.3 is 0 Å². The molecule has 0 aromatic rings. The maximum Gasteiger partial charge on any atom is 0.0894 e. The van der Waals surface area contributed by atoms with Gasteiger partial charge in [-0.15, -0.1) is 11.8 Å². The van der Waals surface area contributed by atoms with Crippen molar-refractivity contribution in [3.05, 3.63) is 12.2 Å². The first-order valence-corrected chi connectivity index (χ1v) is 3.71. The van der Waals surface area contributed by atoms with Crippen molar-refractivity contribution in [2.24, 2.45) is 4.99 Å². The van der Waals surface area contributed by atoms with Crippen LogP contribution < -0.4 is 0 Å². The molecule has 0 fully saturated rings. The quantitative estimate of drug-likeness (QED) is 0.389. The van der Waals surface area contributed by atoms with Crippen LogP contribution in [0.25, 0.3) is 0 Å². The second-order valence-electron chi connectivity index (χ2n) is 1.27. The molecule has 0 bridgehead atoms. The van der Waals surface area contributed by atoms with Crippen molar-refractivity contribution in [1.29, 1.82) is 0 Å². The Morgan fingerprint density at radius 1 is 1.62 bits per heavy atom. The zero-order valence-electron chi connectivity index (χ0n) is 5.51. The Kier molecular flexibility index (Phi) is 4.76. The Labute approximate surface area is 54.9 Å². The van der Waals surface area contributed by atoms with Crippen LogP contribution in [0.5, 0.6) is 0 Å². The van der Waals surface area contributed by atoms with Gasteiger partial charge in [-0.2, -0.15) is 0 Å². The lowest BCUT2D eigenvalue weighted by molar-refractivity contribution is 1.47. The van der Waals surface area contributed by atoms with Gasteiger partial charge in [0.1, 0.15) is 0 Å². The number of nitrogens with zero attached hydrogens (tertiary/aromatic N) is 1. The third-order valence-corrected chi connectivity index (χ3v) is 1.48. The van der Waals surface area contributed by atoms with Crippen molar-refractivity contribution in [3.63, 3.8) is 0 Å². The predicted molar refractivity (Wildman–Crippen MR) is 41.7 cm³/mol. The highest BCUT2D eigenvalue weighted by atomic mass is 32.2. The van der Waals surface area contributed by atoms with E-state index in [1.807, 2.05) is 25.3 Å². The molecule has 1 nitrogen and oxygen atoms in total. The van der Waals surface area contributed by atoms with Crippen LogP contribution in [0.3, 0.4) is 0 Å². The molecule has 0 saturated heterocycles. The number of hydrogen-bond acceptors (Lipinski definition) is 2. The van der Waals surface area contributed by atoms with Gasteiger partial charge in [0.15, 0.2) is 0 Å². The van der Waals surface area contributed by atoms with Crippen LogP contribution >= 0.6 is 11.8 Å². The molecule has 0 heterocycles. The van der Waals surface area contributed by atoms with Crippen molar-refractivity contribution in [2.75, 3.05) is 13.3 Å². The molecule has 0 atom stereocenters. The van der Waals surface area contributed by atoms with Crippen LogP contribution in [0.1, 0.15) is 6.92 Å². The Bertz CT molecular complexity index is 102. The van der Waals surface area contributed by atoms with E-state index in [1.165, 1.54) is 0 Å². The van der Waals surface area contributed by atoms with Crippen molar-refractivity contribution in [2.45, 2.75) is 6.92 Å². The van der Waals surface area contributed by atoms with E-state index in [-0.39, 0.29) is 0 Å². The van der Waals surface area contributed by atoms with Crippen LogP contribution in [0.4, 0.5) is 0 Å². The van der Waals surface area contributed by atoms with Gasteiger partial charge in [-0.05, 0) is 19.3 Å². The average Bonchev–Trinajstić information content (AvgIpc) is 1.83.